The molecule has 1 N–H and O–H groups in total. The minimum Gasteiger partial charge on any atom is -0.496 e. The highest BCUT2D eigenvalue weighted by molar-refractivity contribution is 5.99. The average Bonchev–Trinajstić information content (AvgIpc) is 2.80. The van der Waals surface area contributed by atoms with E-state index in [9.17, 15) is 4.79 Å². The van der Waals surface area contributed by atoms with Crippen LogP contribution >= 0.6 is 0 Å². The quantitative estimate of drug-likeness (QED) is 0.874. The van der Waals surface area contributed by atoms with Crippen LogP contribution in [0.4, 0.5) is 0 Å². The van der Waals surface area contributed by atoms with Gasteiger partial charge in [0.05, 0.1) is 7.11 Å². The Balaban J connectivity index is 2.13. The first-order chi connectivity index (χ1) is 8.79. The Hall–Kier alpha value is -2.29. The lowest BCUT2D eigenvalue weighted by atomic mass is 10.00. The van der Waals surface area contributed by atoms with Gasteiger partial charge in [-0.3, -0.25) is 4.79 Å². The van der Waals surface area contributed by atoms with Crippen LogP contribution in [0.15, 0.2) is 42.5 Å². The van der Waals surface area contributed by atoms with Gasteiger partial charge in [-0.15, -0.1) is 0 Å². The molecule has 3 rings (SSSR count). The molecule has 0 unspecified atom stereocenters. The van der Waals surface area contributed by atoms with E-state index >= 15 is 0 Å². The number of carbonyl (C=O) groups is 1. The molecule has 0 fully saturated rings. The third-order valence-corrected chi connectivity index (χ3v) is 3.21. The number of methoxy groups -OCH3 is 1. The number of rotatable bonds is 2. The van der Waals surface area contributed by atoms with Crippen molar-refractivity contribution >= 4 is 5.91 Å². The summed E-state index contributed by atoms with van der Waals surface area (Å²) in [5.41, 5.74) is 3.82. The standard InChI is InChI=1S/C15H13NO2/c1-18-14-5-3-2-4-12(14)10-6-7-11-9-16-15(17)13(11)8-10/h2-8H,9H2,1H3,(H,16,17). The van der Waals surface area contributed by atoms with E-state index in [4.69, 9.17) is 4.74 Å². The normalized spacial score (nSPS) is 13.1. The van der Waals surface area contributed by atoms with Crippen molar-refractivity contribution in [2.75, 3.05) is 7.11 Å². The number of nitrogens with one attached hydrogen (secondary N) is 1. The second-order valence-electron chi connectivity index (χ2n) is 4.25. The summed E-state index contributed by atoms with van der Waals surface area (Å²) >= 11 is 0. The van der Waals surface area contributed by atoms with E-state index in [0.29, 0.717) is 6.54 Å². The molecule has 0 spiro atoms. The van der Waals surface area contributed by atoms with Crippen molar-refractivity contribution in [2.45, 2.75) is 6.54 Å². The number of ether oxygens (including phenoxy) is 1. The molecule has 1 heterocycles. The van der Waals surface area contributed by atoms with E-state index in [1.54, 1.807) is 7.11 Å². The summed E-state index contributed by atoms with van der Waals surface area (Å²) in [6.07, 6.45) is 0. The maximum atomic E-state index is 11.7. The molecule has 3 heteroatoms. The summed E-state index contributed by atoms with van der Waals surface area (Å²) in [5.74, 6) is 0.817. The molecule has 2 aromatic carbocycles. The number of carbonyl (C=O) groups excluding carboxylic acids is 1. The van der Waals surface area contributed by atoms with Crippen molar-refractivity contribution in [1.82, 2.24) is 5.32 Å². The fourth-order valence-electron chi connectivity index (χ4n) is 2.26. The highest BCUT2D eigenvalue weighted by Crippen LogP contribution is 2.31. The summed E-state index contributed by atoms with van der Waals surface area (Å²) in [6, 6.07) is 13.8. The lowest BCUT2D eigenvalue weighted by Gasteiger charge is -2.09. The van der Waals surface area contributed by atoms with Gasteiger partial charge >= 0.3 is 0 Å². The fraction of sp³-hybridized carbons (Fsp3) is 0.133. The molecule has 1 aliphatic heterocycles. The van der Waals surface area contributed by atoms with Gasteiger partial charge in [-0.2, -0.15) is 0 Å². The van der Waals surface area contributed by atoms with Crippen LogP contribution in [-0.4, -0.2) is 13.0 Å². The second-order valence-corrected chi connectivity index (χ2v) is 4.25. The average molecular weight is 239 g/mol. The largest absolute Gasteiger partial charge is 0.496 e. The van der Waals surface area contributed by atoms with Gasteiger partial charge in [-0.25, -0.2) is 0 Å². The molecule has 1 amide bonds. The molecule has 0 saturated heterocycles. The zero-order chi connectivity index (χ0) is 12.5. The third kappa shape index (κ3) is 1.64. The van der Waals surface area contributed by atoms with Crippen molar-refractivity contribution in [3.8, 4) is 16.9 Å². The number of amides is 1. The first-order valence-corrected chi connectivity index (χ1v) is 5.84. The molecular formula is C15H13NO2. The van der Waals surface area contributed by atoms with Crippen molar-refractivity contribution in [3.63, 3.8) is 0 Å². The molecule has 3 nitrogen and oxygen atoms in total. The smallest absolute Gasteiger partial charge is 0.251 e. The summed E-state index contributed by atoms with van der Waals surface area (Å²) < 4.78 is 5.35. The number of benzene rings is 2. The van der Waals surface area contributed by atoms with Gasteiger partial charge < -0.3 is 10.1 Å². The van der Waals surface area contributed by atoms with E-state index in [2.05, 4.69) is 5.32 Å². The summed E-state index contributed by atoms with van der Waals surface area (Å²) in [5, 5.41) is 2.82. The van der Waals surface area contributed by atoms with Crippen LogP contribution in [-0.2, 0) is 6.54 Å². The van der Waals surface area contributed by atoms with E-state index in [-0.39, 0.29) is 5.91 Å². The zero-order valence-electron chi connectivity index (χ0n) is 10.1. The Morgan fingerprint density at radius 1 is 1.11 bits per heavy atom. The molecule has 90 valence electrons. The molecule has 0 aliphatic carbocycles. The van der Waals surface area contributed by atoms with Crippen molar-refractivity contribution in [2.24, 2.45) is 0 Å². The monoisotopic (exact) mass is 239 g/mol. The van der Waals surface area contributed by atoms with Crippen LogP contribution in [0.25, 0.3) is 11.1 Å². The van der Waals surface area contributed by atoms with E-state index in [1.807, 2.05) is 42.5 Å². The van der Waals surface area contributed by atoms with Gasteiger partial charge in [0.15, 0.2) is 0 Å². The Morgan fingerprint density at radius 3 is 2.78 bits per heavy atom. The van der Waals surface area contributed by atoms with Gasteiger partial charge in [-0.1, -0.05) is 30.3 Å². The maximum absolute atomic E-state index is 11.7. The lowest BCUT2D eigenvalue weighted by molar-refractivity contribution is 0.0966. The molecule has 2 aromatic rings. The van der Waals surface area contributed by atoms with Gasteiger partial charge in [0.25, 0.3) is 5.91 Å². The van der Waals surface area contributed by atoms with Gasteiger partial charge in [-0.05, 0) is 23.3 Å². The second kappa shape index (κ2) is 4.18. The van der Waals surface area contributed by atoms with Gasteiger partial charge in [0.1, 0.15) is 5.75 Å². The molecule has 0 aromatic heterocycles. The SMILES string of the molecule is COc1ccccc1-c1ccc2c(c1)C(=O)NC2. The summed E-state index contributed by atoms with van der Waals surface area (Å²) in [7, 11) is 1.65. The topological polar surface area (TPSA) is 38.3 Å². The number of hydrogen-bond donors (Lipinski definition) is 1. The predicted molar refractivity (Wildman–Crippen MR) is 69.6 cm³/mol. The lowest BCUT2D eigenvalue weighted by Crippen LogP contribution is -2.12. The molecule has 18 heavy (non-hydrogen) atoms. The molecule has 0 radical (unpaired) electrons. The van der Waals surface area contributed by atoms with Crippen molar-refractivity contribution in [1.29, 1.82) is 0 Å². The van der Waals surface area contributed by atoms with Crippen LogP contribution in [0.2, 0.25) is 0 Å². The minimum atomic E-state index is 0.00162. The number of para-hydroxylation sites is 1. The van der Waals surface area contributed by atoms with Crippen LogP contribution in [0.5, 0.6) is 5.75 Å². The minimum absolute atomic E-state index is 0.00162. The highest BCUT2D eigenvalue weighted by atomic mass is 16.5. The molecule has 0 saturated carbocycles. The van der Waals surface area contributed by atoms with Crippen molar-refractivity contribution < 1.29 is 9.53 Å². The first-order valence-electron chi connectivity index (χ1n) is 5.84. The predicted octanol–water partition coefficient (Wildman–Crippen LogP) is 2.61. The van der Waals surface area contributed by atoms with E-state index < -0.39 is 0 Å². The zero-order valence-corrected chi connectivity index (χ0v) is 10.1. The van der Waals surface area contributed by atoms with E-state index in [0.717, 1.165) is 28.0 Å². The Bertz CT molecular complexity index is 620. The maximum Gasteiger partial charge on any atom is 0.251 e. The summed E-state index contributed by atoms with van der Waals surface area (Å²) in [6.45, 7) is 0.625. The fourth-order valence-corrected chi connectivity index (χ4v) is 2.26. The van der Waals surface area contributed by atoms with Crippen LogP contribution in [0, 0.1) is 0 Å². The molecular weight excluding hydrogens is 226 g/mol. The van der Waals surface area contributed by atoms with Crippen LogP contribution in [0.3, 0.4) is 0 Å². The van der Waals surface area contributed by atoms with Crippen LogP contribution < -0.4 is 10.1 Å². The van der Waals surface area contributed by atoms with E-state index in [1.165, 1.54) is 0 Å². The molecule has 1 aliphatic rings. The van der Waals surface area contributed by atoms with Crippen molar-refractivity contribution in [3.05, 3.63) is 53.6 Å². The highest BCUT2D eigenvalue weighted by Gasteiger charge is 2.19. The molecule has 0 atom stereocenters. The third-order valence-electron chi connectivity index (χ3n) is 3.21. The Morgan fingerprint density at radius 2 is 1.94 bits per heavy atom. The Kier molecular flexibility index (Phi) is 2.52. The number of hydrogen-bond acceptors (Lipinski definition) is 2. The first kappa shape index (κ1) is 10.8. The summed E-state index contributed by atoms with van der Waals surface area (Å²) in [4.78, 5) is 11.7. The molecule has 0 bridgehead atoms. The van der Waals surface area contributed by atoms with Gasteiger partial charge in [0.2, 0.25) is 0 Å². The number of fused-ring (bicyclic) bond motifs is 1. The van der Waals surface area contributed by atoms with Gasteiger partial charge in [0, 0.05) is 17.7 Å². The van der Waals surface area contributed by atoms with Crippen LogP contribution in [0.1, 0.15) is 15.9 Å². The Labute approximate surface area is 105 Å².